The summed E-state index contributed by atoms with van der Waals surface area (Å²) in [6.45, 7) is 0.587. The van der Waals surface area contributed by atoms with Crippen LogP contribution in [-0.2, 0) is 6.42 Å². The Morgan fingerprint density at radius 3 is 3.11 bits per heavy atom. The molecule has 0 bridgehead atoms. The normalized spacial score (nSPS) is 17.2. The molecule has 3 rings (SSSR count). The van der Waals surface area contributed by atoms with Gasteiger partial charge in [0.25, 0.3) is 0 Å². The van der Waals surface area contributed by atoms with Crippen LogP contribution in [0.4, 0.5) is 5.82 Å². The van der Waals surface area contributed by atoms with Gasteiger partial charge in [-0.15, -0.1) is 0 Å². The molecule has 0 saturated carbocycles. The minimum absolute atomic E-state index is 0.191. The number of methoxy groups -OCH3 is 1. The van der Waals surface area contributed by atoms with E-state index in [1.807, 2.05) is 12.1 Å². The fourth-order valence-corrected chi connectivity index (χ4v) is 2.23. The number of rotatable bonds is 3. The van der Waals surface area contributed by atoms with E-state index in [2.05, 4.69) is 21.4 Å². The predicted molar refractivity (Wildman–Crippen MR) is 71.6 cm³/mol. The molecule has 5 nitrogen and oxygen atoms in total. The van der Waals surface area contributed by atoms with Crippen molar-refractivity contribution in [2.24, 2.45) is 0 Å². The van der Waals surface area contributed by atoms with Crippen molar-refractivity contribution < 1.29 is 9.47 Å². The highest BCUT2D eigenvalue weighted by molar-refractivity contribution is 5.49. The molecule has 1 N–H and O–H groups in total. The summed E-state index contributed by atoms with van der Waals surface area (Å²) in [7, 11) is 1.66. The van der Waals surface area contributed by atoms with Crippen LogP contribution in [0.15, 0.2) is 36.8 Å². The van der Waals surface area contributed by atoms with Crippen molar-refractivity contribution in [2.45, 2.75) is 12.5 Å². The van der Waals surface area contributed by atoms with Crippen molar-refractivity contribution in [3.8, 4) is 11.5 Å². The van der Waals surface area contributed by atoms with Crippen LogP contribution >= 0.6 is 0 Å². The molecule has 0 unspecified atom stereocenters. The second-order valence-corrected chi connectivity index (χ2v) is 4.40. The van der Waals surface area contributed by atoms with E-state index in [1.54, 1.807) is 25.7 Å². The lowest BCUT2D eigenvalue weighted by molar-refractivity contribution is 0.256. The third kappa shape index (κ3) is 2.45. The van der Waals surface area contributed by atoms with E-state index < -0.39 is 0 Å². The summed E-state index contributed by atoms with van der Waals surface area (Å²) in [6.07, 6.45) is 5.91. The summed E-state index contributed by atoms with van der Waals surface area (Å²) in [6, 6.07) is 6.14. The number of ether oxygens (including phenoxy) is 2. The van der Waals surface area contributed by atoms with Gasteiger partial charge in [-0.2, -0.15) is 0 Å². The molecule has 2 aromatic rings. The average Bonchev–Trinajstić information content (AvgIpc) is 2.47. The standard InChI is InChI=1S/C14H15N3O2/c1-18-12-4-2-3-10-7-11(9-19-14(10)12)17-13-8-15-5-6-16-13/h2-6,8,11H,7,9H2,1H3,(H,16,17)/t11-/m1/s1. The minimum atomic E-state index is 0.191. The Kier molecular flexibility index (Phi) is 3.18. The van der Waals surface area contributed by atoms with Crippen molar-refractivity contribution in [3.63, 3.8) is 0 Å². The molecule has 0 spiro atoms. The van der Waals surface area contributed by atoms with Crippen molar-refractivity contribution in [3.05, 3.63) is 42.4 Å². The first-order chi connectivity index (χ1) is 9.36. The van der Waals surface area contributed by atoms with E-state index in [4.69, 9.17) is 9.47 Å². The van der Waals surface area contributed by atoms with Gasteiger partial charge in [0.2, 0.25) is 0 Å². The first kappa shape index (κ1) is 11.8. The molecule has 98 valence electrons. The first-order valence-electron chi connectivity index (χ1n) is 6.18. The number of hydrogen-bond donors (Lipinski definition) is 1. The van der Waals surface area contributed by atoms with Crippen molar-refractivity contribution in [1.29, 1.82) is 0 Å². The highest BCUT2D eigenvalue weighted by Gasteiger charge is 2.22. The van der Waals surface area contributed by atoms with Gasteiger partial charge in [-0.25, -0.2) is 4.98 Å². The maximum atomic E-state index is 5.79. The molecule has 1 aliphatic heterocycles. The van der Waals surface area contributed by atoms with Gasteiger partial charge < -0.3 is 14.8 Å². The quantitative estimate of drug-likeness (QED) is 0.910. The number of anilines is 1. The molecule has 1 atom stereocenters. The Hall–Kier alpha value is -2.30. The van der Waals surface area contributed by atoms with E-state index in [1.165, 1.54) is 0 Å². The first-order valence-corrected chi connectivity index (χ1v) is 6.18. The smallest absolute Gasteiger partial charge is 0.164 e. The van der Waals surface area contributed by atoms with Gasteiger partial charge in [-0.1, -0.05) is 12.1 Å². The Labute approximate surface area is 111 Å². The van der Waals surface area contributed by atoms with Gasteiger partial charge in [0.05, 0.1) is 19.3 Å². The lowest BCUT2D eigenvalue weighted by Gasteiger charge is -2.27. The maximum Gasteiger partial charge on any atom is 0.164 e. The van der Waals surface area contributed by atoms with Gasteiger partial charge in [-0.3, -0.25) is 4.98 Å². The summed E-state index contributed by atoms with van der Waals surface area (Å²) >= 11 is 0. The van der Waals surface area contributed by atoms with E-state index >= 15 is 0 Å². The molecule has 1 aromatic heterocycles. The summed E-state index contributed by atoms with van der Waals surface area (Å²) < 4.78 is 11.1. The van der Waals surface area contributed by atoms with Crippen LogP contribution in [-0.4, -0.2) is 29.7 Å². The zero-order valence-corrected chi connectivity index (χ0v) is 10.7. The molecule has 2 heterocycles. The van der Waals surface area contributed by atoms with E-state index in [0.29, 0.717) is 6.61 Å². The fourth-order valence-electron chi connectivity index (χ4n) is 2.23. The summed E-state index contributed by atoms with van der Waals surface area (Å²) in [5, 5.41) is 3.32. The minimum Gasteiger partial charge on any atom is -0.493 e. The molecule has 1 aromatic carbocycles. The van der Waals surface area contributed by atoms with Gasteiger partial charge >= 0.3 is 0 Å². The number of benzene rings is 1. The average molecular weight is 257 g/mol. The topological polar surface area (TPSA) is 56.3 Å². The van der Waals surface area contributed by atoms with Gasteiger partial charge in [-0.05, 0) is 12.5 Å². The van der Waals surface area contributed by atoms with Gasteiger partial charge in [0.15, 0.2) is 11.5 Å². The number of nitrogens with one attached hydrogen (secondary N) is 1. The highest BCUT2D eigenvalue weighted by atomic mass is 16.5. The van der Waals surface area contributed by atoms with Crippen molar-refractivity contribution >= 4 is 5.82 Å². The maximum absolute atomic E-state index is 5.79. The van der Waals surface area contributed by atoms with Crippen molar-refractivity contribution in [1.82, 2.24) is 9.97 Å². The SMILES string of the molecule is COc1cccc2c1OC[C@H](Nc1cnccn1)C2. The lowest BCUT2D eigenvalue weighted by atomic mass is 10.0. The molecule has 0 fully saturated rings. The molecule has 0 radical (unpaired) electrons. The second-order valence-electron chi connectivity index (χ2n) is 4.40. The van der Waals surface area contributed by atoms with Gasteiger partial charge in [0, 0.05) is 18.0 Å². The predicted octanol–water partition coefficient (Wildman–Crippen LogP) is 1.90. The molecule has 19 heavy (non-hydrogen) atoms. The van der Waals surface area contributed by atoms with Gasteiger partial charge in [0.1, 0.15) is 12.4 Å². The van der Waals surface area contributed by atoms with E-state index in [-0.39, 0.29) is 6.04 Å². The fraction of sp³-hybridized carbons (Fsp3) is 0.286. The molecule has 0 aliphatic carbocycles. The van der Waals surface area contributed by atoms with Crippen LogP contribution in [0.2, 0.25) is 0 Å². The van der Waals surface area contributed by atoms with Crippen LogP contribution in [0.5, 0.6) is 11.5 Å². The zero-order valence-electron chi connectivity index (χ0n) is 10.7. The summed E-state index contributed by atoms with van der Waals surface area (Å²) in [4.78, 5) is 8.24. The molecule has 5 heteroatoms. The Morgan fingerprint density at radius 2 is 2.32 bits per heavy atom. The molecular formula is C14H15N3O2. The number of fused-ring (bicyclic) bond motifs is 1. The second kappa shape index (κ2) is 5.14. The summed E-state index contributed by atoms with van der Waals surface area (Å²) in [5.41, 5.74) is 1.15. The Balaban J connectivity index is 1.76. The zero-order chi connectivity index (χ0) is 13.1. The summed E-state index contributed by atoms with van der Waals surface area (Å²) in [5.74, 6) is 2.40. The van der Waals surface area contributed by atoms with Crippen molar-refractivity contribution in [2.75, 3.05) is 19.0 Å². The van der Waals surface area contributed by atoms with Crippen LogP contribution < -0.4 is 14.8 Å². The third-order valence-electron chi connectivity index (χ3n) is 3.09. The molecular weight excluding hydrogens is 242 g/mol. The Bertz CT molecular complexity index is 560. The number of hydrogen-bond acceptors (Lipinski definition) is 5. The number of nitrogens with zero attached hydrogens (tertiary/aromatic N) is 2. The van der Waals surface area contributed by atoms with Crippen LogP contribution in [0.25, 0.3) is 0 Å². The van der Waals surface area contributed by atoms with Crippen LogP contribution in [0, 0.1) is 0 Å². The monoisotopic (exact) mass is 257 g/mol. The van der Waals surface area contributed by atoms with E-state index in [9.17, 15) is 0 Å². The lowest BCUT2D eigenvalue weighted by Crippen LogP contribution is -2.33. The highest BCUT2D eigenvalue weighted by Crippen LogP contribution is 2.34. The largest absolute Gasteiger partial charge is 0.493 e. The number of aromatic nitrogens is 2. The molecule has 0 amide bonds. The Morgan fingerprint density at radius 1 is 1.37 bits per heavy atom. The molecule has 1 aliphatic rings. The number of para-hydroxylation sites is 1. The molecule has 0 saturated heterocycles. The third-order valence-corrected chi connectivity index (χ3v) is 3.09. The van der Waals surface area contributed by atoms with E-state index in [0.717, 1.165) is 29.3 Å². The van der Waals surface area contributed by atoms with Crippen LogP contribution in [0.3, 0.4) is 0 Å². The van der Waals surface area contributed by atoms with Crippen LogP contribution in [0.1, 0.15) is 5.56 Å².